The average Bonchev–Trinajstić information content (AvgIpc) is 2.38. The van der Waals surface area contributed by atoms with Crippen LogP contribution in [0.1, 0.15) is 16.1 Å². The van der Waals surface area contributed by atoms with Gasteiger partial charge in [0.25, 0.3) is 5.91 Å². The Kier molecular flexibility index (Phi) is 3.67. The Hall–Kier alpha value is -1.94. The van der Waals surface area contributed by atoms with Gasteiger partial charge < -0.3 is 5.32 Å². The monoisotopic (exact) mass is 247 g/mol. The van der Waals surface area contributed by atoms with E-state index in [-0.39, 0.29) is 5.91 Å². The molecule has 86 valence electrons. The number of nitrogens with one attached hydrogen (secondary N) is 1. The summed E-state index contributed by atoms with van der Waals surface area (Å²) < 4.78 is 0. The number of rotatable bonds is 3. The molecule has 0 aliphatic carbocycles. The Labute approximate surface area is 104 Å². The van der Waals surface area contributed by atoms with Crippen LogP contribution in [0.4, 0.5) is 0 Å². The number of hydrogen-bond acceptors (Lipinski definition) is 3. The second-order valence-electron chi connectivity index (χ2n) is 3.39. The number of benzene rings is 1. The maximum Gasteiger partial charge on any atom is 0.251 e. The molecule has 0 spiro atoms. The number of carbonyl (C=O) groups is 1. The van der Waals surface area contributed by atoms with Gasteiger partial charge in [0.15, 0.2) is 0 Å². The molecule has 0 aliphatic rings. The molecule has 1 N–H and O–H groups in total. The zero-order valence-corrected chi connectivity index (χ0v) is 9.69. The standard InChI is InChI=1S/C12H10ClN3O/c13-10-3-1-9(2-4-10)12(17)16-8-11-7-14-5-6-15-11/h1-7H,8H2,(H,16,17). The van der Waals surface area contributed by atoms with E-state index < -0.39 is 0 Å². The SMILES string of the molecule is O=C(NCc1cnccn1)c1ccc(Cl)cc1. The van der Waals surface area contributed by atoms with Gasteiger partial charge in [0.1, 0.15) is 0 Å². The summed E-state index contributed by atoms with van der Waals surface area (Å²) >= 11 is 5.74. The lowest BCUT2D eigenvalue weighted by Crippen LogP contribution is -2.23. The van der Waals surface area contributed by atoms with Gasteiger partial charge in [0.05, 0.1) is 18.4 Å². The molecule has 0 saturated carbocycles. The van der Waals surface area contributed by atoms with Crippen molar-refractivity contribution in [3.05, 3.63) is 59.1 Å². The molecule has 1 amide bonds. The number of amides is 1. The molecular weight excluding hydrogens is 238 g/mol. The Bertz CT molecular complexity index is 499. The lowest BCUT2D eigenvalue weighted by molar-refractivity contribution is 0.0950. The highest BCUT2D eigenvalue weighted by Gasteiger charge is 2.04. The summed E-state index contributed by atoms with van der Waals surface area (Å²) in [6.07, 6.45) is 4.79. The molecule has 17 heavy (non-hydrogen) atoms. The maximum atomic E-state index is 11.7. The molecular formula is C12H10ClN3O. The molecule has 2 rings (SSSR count). The van der Waals surface area contributed by atoms with Crippen LogP contribution < -0.4 is 5.32 Å². The Morgan fingerprint density at radius 2 is 2.00 bits per heavy atom. The van der Waals surface area contributed by atoms with Gasteiger partial charge in [-0.15, -0.1) is 0 Å². The lowest BCUT2D eigenvalue weighted by atomic mass is 10.2. The summed E-state index contributed by atoms with van der Waals surface area (Å²) in [6, 6.07) is 6.71. The van der Waals surface area contributed by atoms with Crippen LogP contribution in [-0.2, 0) is 6.54 Å². The van der Waals surface area contributed by atoms with Crippen LogP contribution in [-0.4, -0.2) is 15.9 Å². The van der Waals surface area contributed by atoms with Crippen molar-refractivity contribution in [2.24, 2.45) is 0 Å². The van der Waals surface area contributed by atoms with Crippen molar-refractivity contribution in [3.8, 4) is 0 Å². The minimum atomic E-state index is -0.160. The number of halogens is 1. The average molecular weight is 248 g/mol. The van der Waals surface area contributed by atoms with Gasteiger partial charge in [-0.05, 0) is 24.3 Å². The summed E-state index contributed by atoms with van der Waals surface area (Å²) in [7, 11) is 0. The second kappa shape index (κ2) is 5.41. The van der Waals surface area contributed by atoms with E-state index in [9.17, 15) is 4.79 Å². The highest BCUT2D eigenvalue weighted by Crippen LogP contribution is 2.09. The molecule has 0 fully saturated rings. The largest absolute Gasteiger partial charge is 0.346 e. The molecule has 0 bridgehead atoms. The van der Waals surface area contributed by atoms with Crippen molar-refractivity contribution in [2.45, 2.75) is 6.54 Å². The Morgan fingerprint density at radius 1 is 1.24 bits per heavy atom. The van der Waals surface area contributed by atoms with E-state index in [0.29, 0.717) is 17.1 Å². The second-order valence-corrected chi connectivity index (χ2v) is 3.82. The maximum absolute atomic E-state index is 11.7. The molecule has 5 heteroatoms. The van der Waals surface area contributed by atoms with Crippen molar-refractivity contribution in [1.82, 2.24) is 15.3 Å². The van der Waals surface area contributed by atoms with E-state index in [1.54, 1.807) is 42.9 Å². The number of nitrogens with zero attached hydrogens (tertiary/aromatic N) is 2. The molecule has 4 nitrogen and oxygen atoms in total. The van der Waals surface area contributed by atoms with Crippen LogP contribution >= 0.6 is 11.6 Å². The van der Waals surface area contributed by atoms with Gasteiger partial charge in [-0.2, -0.15) is 0 Å². The van der Waals surface area contributed by atoms with E-state index in [0.717, 1.165) is 5.69 Å². The number of carbonyl (C=O) groups excluding carboxylic acids is 1. The quantitative estimate of drug-likeness (QED) is 0.903. The van der Waals surface area contributed by atoms with Crippen LogP contribution in [0, 0.1) is 0 Å². The molecule has 0 aliphatic heterocycles. The smallest absolute Gasteiger partial charge is 0.251 e. The summed E-state index contributed by atoms with van der Waals surface area (Å²) in [5, 5.41) is 3.36. The normalized spacial score (nSPS) is 9.94. The molecule has 2 aromatic rings. The summed E-state index contributed by atoms with van der Waals surface area (Å²) in [5.74, 6) is -0.160. The molecule has 0 atom stereocenters. The van der Waals surface area contributed by atoms with Crippen molar-refractivity contribution in [1.29, 1.82) is 0 Å². The molecule has 0 unspecified atom stereocenters. The van der Waals surface area contributed by atoms with E-state index in [2.05, 4.69) is 15.3 Å². The fourth-order valence-electron chi connectivity index (χ4n) is 1.30. The number of aromatic nitrogens is 2. The highest BCUT2D eigenvalue weighted by atomic mass is 35.5. The molecule has 0 saturated heterocycles. The lowest BCUT2D eigenvalue weighted by Gasteiger charge is -2.04. The van der Waals surface area contributed by atoms with E-state index in [4.69, 9.17) is 11.6 Å². The van der Waals surface area contributed by atoms with Gasteiger partial charge in [-0.25, -0.2) is 0 Å². The Morgan fingerprint density at radius 3 is 2.65 bits per heavy atom. The van der Waals surface area contributed by atoms with Gasteiger partial charge in [0, 0.05) is 23.0 Å². The van der Waals surface area contributed by atoms with Crippen molar-refractivity contribution >= 4 is 17.5 Å². The van der Waals surface area contributed by atoms with Crippen LogP contribution in [0.5, 0.6) is 0 Å². The minimum absolute atomic E-state index is 0.160. The van der Waals surface area contributed by atoms with Gasteiger partial charge in [-0.1, -0.05) is 11.6 Å². The summed E-state index contributed by atoms with van der Waals surface area (Å²) in [6.45, 7) is 0.356. The first-order valence-electron chi connectivity index (χ1n) is 5.04. The van der Waals surface area contributed by atoms with Crippen molar-refractivity contribution < 1.29 is 4.79 Å². The Balaban J connectivity index is 1.96. The van der Waals surface area contributed by atoms with Crippen LogP contribution in [0.2, 0.25) is 5.02 Å². The first-order chi connectivity index (χ1) is 8.25. The van der Waals surface area contributed by atoms with E-state index in [1.165, 1.54) is 0 Å². The molecule has 1 heterocycles. The van der Waals surface area contributed by atoms with Crippen molar-refractivity contribution in [3.63, 3.8) is 0 Å². The highest BCUT2D eigenvalue weighted by molar-refractivity contribution is 6.30. The topological polar surface area (TPSA) is 54.9 Å². The zero-order valence-electron chi connectivity index (χ0n) is 8.93. The summed E-state index contributed by atoms with van der Waals surface area (Å²) in [4.78, 5) is 19.7. The van der Waals surface area contributed by atoms with Crippen LogP contribution in [0.3, 0.4) is 0 Å². The first-order valence-corrected chi connectivity index (χ1v) is 5.42. The first kappa shape index (κ1) is 11.5. The predicted octanol–water partition coefficient (Wildman–Crippen LogP) is 2.06. The minimum Gasteiger partial charge on any atom is -0.346 e. The van der Waals surface area contributed by atoms with Crippen LogP contribution in [0.15, 0.2) is 42.9 Å². The van der Waals surface area contributed by atoms with Crippen molar-refractivity contribution in [2.75, 3.05) is 0 Å². The van der Waals surface area contributed by atoms with E-state index >= 15 is 0 Å². The fraction of sp³-hybridized carbons (Fsp3) is 0.0833. The summed E-state index contributed by atoms with van der Waals surface area (Å²) in [5.41, 5.74) is 1.29. The van der Waals surface area contributed by atoms with Crippen LogP contribution in [0.25, 0.3) is 0 Å². The van der Waals surface area contributed by atoms with Gasteiger partial charge >= 0.3 is 0 Å². The molecule has 1 aromatic heterocycles. The third-order valence-corrected chi connectivity index (χ3v) is 2.41. The molecule has 1 aromatic carbocycles. The molecule has 0 radical (unpaired) electrons. The third-order valence-electron chi connectivity index (χ3n) is 2.15. The van der Waals surface area contributed by atoms with Gasteiger partial charge in [-0.3, -0.25) is 14.8 Å². The predicted molar refractivity (Wildman–Crippen MR) is 64.7 cm³/mol. The third kappa shape index (κ3) is 3.26. The fourth-order valence-corrected chi connectivity index (χ4v) is 1.42. The number of hydrogen-bond donors (Lipinski definition) is 1. The van der Waals surface area contributed by atoms with Gasteiger partial charge in [0.2, 0.25) is 0 Å². The van der Waals surface area contributed by atoms with E-state index in [1.807, 2.05) is 0 Å². The zero-order chi connectivity index (χ0) is 12.1.